The Labute approximate surface area is 196 Å². The highest BCUT2D eigenvalue weighted by Crippen LogP contribution is 2.45. The summed E-state index contributed by atoms with van der Waals surface area (Å²) in [6.45, 7) is 1.44. The van der Waals surface area contributed by atoms with E-state index in [2.05, 4.69) is 32.5 Å². The third-order valence-corrected chi connectivity index (χ3v) is 5.34. The fourth-order valence-corrected chi connectivity index (χ4v) is 3.79. The molecule has 31 heavy (non-hydrogen) atoms. The van der Waals surface area contributed by atoms with Crippen LogP contribution < -0.4 is 20.1 Å². The molecule has 0 bridgehead atoms. The van der Waals surface area contributed by atoms with Crippen LogP contribution in [-0.2, 0) is 12.8 Å². The highest BCUT2D eigenvalue weighted by Gasteiger charge is 2.42. The van der Waals surface area contributed by atoms with Crippen molar-refractivity contribution < 1.29 is 22.6 Å². The maximum absolute atomic E-state index is 12.6. The number of rotatable bonds is 6. The van der Waals surface area contributed by atoms with E-state index in [9.17, 15) is 13.2 Å². The molecule has 5 nitrogen and oxygen atoms in total. The molecule has 1 saturated carbocycles. The minimum Gasteiger partial charge on any atom is -0.493 e. The summed E-state index contributed by atoms with van der Waals surface area (Å²) in [6, 6.07) is 12.6. The molecule has 1 aliphatic carbocycles. The molecular formula is C22H25F3IN3O2. The summed E-state index contributed by atoms with van der Waals surface area (Å²) in [4.78, 5) is 4.23. The average molecular weight is 547 g/mol. The highest BCUT2D eigenvalue weighted by atomic mass is 127. The van der Waals surface area contributed by atoms with Crippen molar-refractivity contribution in [2.75, 3.05) is 20.2 Å². The Hall–Kier alpha value is -2.17. The number of aliphatic imine (C=N–C) groups is 1. The number of alkyl halides is 3. The Balaban J connectivity index is 0.00000272. The molecule has 0 aromatic heterocycles. The fraction of sp³-hybridized carbons (Fsp3) is 0.409. The number of hydrogen-bond acceptors (Lipinski definition) is 3. The second-order valence-electron chi connectivity index (χ2n) is 7.47. The molecule has 2 N–H and O–H groups in total. The van der Waals surface area contributed by atoms with Crippen molar-refractivity contribution in [3.8, 4) is 11.5 Å². The number of para-hydroxylation sites is 1. The van der Waals surface area contributed by atoms with Gasteiger partial charge in [0.15, 0.2) is 5.96 Å². The van der Waals surface area contributed by atoms with E-state index in [1.807, 2.05) is 6.07 Å². The van der Waals surface area contributed by atoms with E-state index in [4.69, 9.17) is 4.74 Å². The van der Waals surface area contributed by atoms with Gasteiger partial charge in [0.1, 0.15) is 11.5 Å². The summed E-state index contributed by atoms with van der Waals surface area (Å²) >= 11 is 0. The van der Waals surface area contributed by atoms with Crippen molar-refractivity contribution in [2.24, 2.45) is 4.99 Å². The zero-order valence-electron chi connectivity index (χ0n) is 17.0. The number of nitrogens with zero attached hydrogens (tertiary/aromatic N) is 1. The van der Waals surface area contributed by atoms with Crippen LogP contribution in [0.3, 0.4) is 0 Å². The number of hydrogen-bond donors (Lipinski definition) is 2. The quantitative estimate of drug-likeness (QED) is 0.320. The van der Waals surface area contributed by atoms with E-state index in [1.165, 1.54) is 17.2 Å². The summed E-state index contributed by atoms with van der Waals surface area (Å²) in [5, 5.41) is 6.57. The first-order chi connectivity index (χ1) is 14.4. The van der Waals surface area contributed by atoms with E-state index in [1.54, 1.807) is 25.2 Å². The van der Waals surface area contributed by atoms with Gasteiger partial charge in [-0.25, -0.2) is 0 Å². The summed E-state index contributed by atoms with van der Waals surface area (Å²) in [5.74, 6) is 1.43. The first kappa shape index (κ1) is 23.5. The van der Waals surface area contributed by atoms with Gasteiger partial charge in [0.05, 0.1) is 6.61 Å². The van der Waals surface area contributed by atoms with Gasteiger partial charge in [0.2, 0.25) is 0 Å². The lowest BCUT2D eigenvalue weighted by Gasteiger charge is -2.14. The zero-order chi connectivity index (χ0) is 21.1. The van der Waals surface area contributed by atoms with E-state index in [0.717, 1.165) is 31.6 Å². The van der Waals surface area contributed by atoms with Crippen LogP contribution in [0.1, 0.15) is 29.0 Å². The standard InChI is InChI=1S/C22H24F3N3O2.HI/c1-26-21(27-10-8-14-6-7-19-15(12-14)9-11-29-19)28-18-13-17(18)16-4-2-3-5-20(16)30-22(23,24)25;/h2-7,12,17-18H,8-11,13H2,1H3,(H2,26,27,28);1H. The van der Waals surface area contributed by atoms with Crippen LogP contribution in [0.15, 0.2) is 47.5 Å². The van der Waals surface area contributed by atoms with Crippen molar-refractivity contribution in [2.45, 2.75) is 37.6 Å². The Morgan fingerprint density at radius 3 is 2.81 bits per heavy atom. The van der Waals surface area contributed by atoms with Gasteiger partial charge in [-0.3, -0.25) is 4.99 Å². The summed E-state index contributed by atoms with van der Waals surface area (Å²) in [5.41, 5.74) is 3.03. The monoisotopic (exact) mass is 547 g/mol. The lowest BCUT2D eigenvalue weighted by atomic mass is 10.1. The SMILES string of the molecule is CN=C(NCCc1ccc2c(c1)CCO2)NC1CC1c1ccccc1OC(F)(F)F.I. The number of fused-ring (bicyclic) bond motifs is 1. The summed E-state index contributed by atoms with van der Waals surface area (Å²) in [6.07, 6.45) is -2.19. The van der Waals surface area contributed by atoms with Gasteiger partial charge in [-0.2, -0.15) is 0 Å². The molecule has 0 spiro atoms. The molecule has 168 valence electrons. The Morgan fingerprint density at radius 1 is 1.23 bits per heavy atom. The van der Waals surface area contributed by atoms with Gasteiger partial charge < -0.3 is 20.1 Å². The van der Waals surface area contributed by atoms with E-state index < -0.39 is 6.36 Å². The Bertz CT molecular complexity index is 936. The van der Waals surface area contributed by atoms with Crippen LogP contribution in [0.4, 0.5) is 13.2 Å². The molecule has 9 heteroatoms. The van der Waals surface area contributed by atoms with Gasteiger partial charge in [0, 0.05) is 32.0 Å². The summed E-state index contributed by atoms with van der Waals surface area (Å²) < 4.78 is 47.6. The van der Waals surface area contributed by atoms with Crippen LogP contribution in [0, 0.1) is 0 Å². The molecule has 1 fully saturated rings. The molecule has 0 saturated heterocycles. The fourth-order valence-electron chi connectivity index (χ4n) is 3.79. The zero-order valence-corrected chi connectivity index (χ0v) is 19.4. The van der Waals surface area contributed by atoms with Crippen molar-refractivity contribution in [3.05, 3.63) is 59.2 Å². The highest BCUT2D eigenvalue weighted by molar-refractivity contribution is 14.0. The third-order valence-electron chi connectivity index (χ3n) is 5.34. The van der Waals surface area contributed by atoms with Crippen molar-refractivity contribution in [1.29, 1.82) is 0 Å². The molecule has 0 amide bonds. The third kappa shape index (κ3) is 6.18. The molecule has 2 aromatic carbocycles. The Morgan fingerprint density at radius 2 is 2.03 bits per heavy atom. The molecule has 2 atom stereocenters. The van der Waals surface area contributed by atoms with Gasteiger partial charge in [-0.15, -0.1) is 37.1 Å². The van der Waals surface area contributed by atoms with Crippen LogP contribution in [0.2, 0.25) is 0 Å². The second kappa shape index (κ2) is 9.97. The first-order valence-electron chi connectivity index (χ1n) is 9.99. The second-order valence-corrected chi connectivity index (χ2v) is 7.47. The predicted molar refractivity (Wildman–Crippen MR) is 124 cm³/mol. The largest absolute Gasteiger partial charge is 0.573 e. The van der Waals surface area contributed by atoms with Crippen molar-refractivity contribution >= 4 is 29.9 Å². The molecule has 1 aliphatic heterocycles. The van der Waals surface area contributed by atoms with Gasteiger partial charge in [-0.05, 0) is 41.7 Å². The molecule has 4 rings (SSSR count). The van der Waals surface area contributed by atoms with Gasteiger partial charge >= 0.3 is 6.36 Å². The number of nitrogens with one attached hydrogen (secondary N) is 2. The minimum atomic E-state index is -4.70. The smallest absolute Gasteiger partial charge is 0.493 e. The van der Waals surface area contributed by atoms with E-state index in [0.29, 0.717) is 18.1 Å². The molecule has 1 heterocycles. The molecule has 2 unspecified atom stereocenters. The number of benzene rings is 2. The molecular weight excluding hydrogens is 522 g/mol. The lowest BCUT2D eigenvalue weighted by molar-refractivity contribution is -0.274. The average Bonchev–Trinajstić information content (AvgIpc) is 3.30. The van der Waals surface area contributed by atoms with Crippen LogP contribution in [0.5, 0.6) is 11.5 Å². The van der Waals surface area contributed by atoms with Gasteiger partial charge in [-0.1, -0.05) is 30.3 Å². The van der Waals surface area contributed by atoms with E-state index in [-0.39, 0.29) is 41.7 Å². The van der Waals surface area contributed by atoms with Crippen molar-refractivity contribution in [3.63, 3.8) is 0 Å². The van der Waals surface area contributed by atoms with Crippen LogP contribution in [0.25, 0.3) is 0 Å². The maximum Gasteiger partial charge on any atom is 0.573 e. The maximum atomic E-state index is 12.6. The normalized spacial score (nSPS) is 19.7. The van der Waals surface area contributed by atoms with E-state index >= 15 is 0 Å². The van der Waals surface area contributed by atoms with Crippen LogP contribution >= 0.6 is 24.0 Å². The molecule has 2 aliphatic rings. The topological polar surface area (TPSA) is 54.9 Å². The minimum absolute atomic E-state index is 0. The Kier molecular flexibility index (Phi) is 7.55. The summed E-state index contributed by atoms with van der Waals surface area (Å²) in [7, 11) is 1.68. The number of guanidine groups is 1. The molecule has 2 aromatic rings. The number of halogens is 4. The lowest BCUT2D eigenvalue weighted by Crippen LogP contribution is -2.40. The number of ether oxygens (including phenoxy) is 2. The molecule has 0 radical (unpaired) electrons. The van der Waals surface area contributed by atoms with Crippen LogP contribution in [-0.4, -0.2) is 38.6 Å². The first-order valence-corrected chi connectivity index (χ1v) is 9.99. The predicted octanol–water partition coefficient (Wildman–Crippen LogP) is 4.40. The van der Waals surface area contributed by atoms with Crippen molar-refractivity contribution in [1.82, 2.24) is 10.6 Å². The van der Waals surface area contributed by atoms with Gasteiger partial charge in [0.25, 0.3) is 0 Å².